The molecule has 0 radical (unpaired) electrons. The minimum atomic E-state index is -0.332. The number of amides is 2. The van der Waals surface area contributed by atoms with Crippen molar-refractivity contribution in [3.8, 4) is 5.75 Å². The Morgan fingerprint density at radius 1 is 1.25 bits per heavy atom. The standard InChI is InChI=1S/C19H29N5O4/c1-3-20-18(23-14-8-12-24(13-9-14)19(27)28-2)22-11-10-21-17(26)15-6-4-5-7-16(15)25/h4-7,14,25H,3,8-13H2,1-2H3,(H,21,26)(H2,20,22,23). The molecule has 4 N–H and O–H groups in total. The van der Waals surface area contributed by atoms with Crippen molar-refractivity contribution in [2.24, 2.45) is 4.99 Å². The third kappa shape index (κ3) is 6.33. The van der Waals surface area contributed by atoms with Crippen LogP contribution in [0.2, 0.25) is 0 Å². The van der Waals surface area contributed by atoms with Crippen LogP contribution < -0.4 is 16.0 Å². The molecule has 1 aliphatic rings. The van der Waals surface area contributed by atoms with Gasteiger partial charge in [-0.3, -0.25) is 9.79 Å². The van der Waals surface area contributed by atoms with Gasteiger partial charge < -0.3 is 30.7 Å². The lowest BCUT2D eigenvalue weighted by atomic mass is 10.1. The van der Waals surface area contributed by atoms with Gasteiger partial charge in [-0.25, -0.2) is 4.79 Å². The van der Waals surface area contributed by atoms with Crippen LogP contribution in [0, 0.1) is 0 Å². The first-order valence-electron chi connectivity index (χ1n) is 9.49. The summed E-state index contributed by atoms with van der Waals surface area (Å²) in [6.07, 6.45) is 1.33. The number of aromatic hydroxyl groups is 1. The van der Waals surface area contributed by atoms with Gasteiger partial charge >= 0.3 is 6.09 Å². The molecule has 28 heavy (non-hydrogen) atoms. The SMILES string of the molecule is CCNC(=NCCNC(=O)c1ccccc1O)NC1CCN(C(=O)OC)CC1. The fourth-order valence-corrected chi connectivity index (χ4v) is 2.95. The molecule has 0 unspecified atom stereocenters. The molecule has 9 nitrogen and oxygen atoms in total. The summed E-state index contributed by atoms with van der Waals surface area (Å²) in [7, 11) is 1.39. The van der Waals surface area contributed by atoms with Gasteiger partial charge in [0.25, 0.3) is 5.91 Å². The van der Waals surface area contributed by atoms with E-state index in [1.54, 1.807) is 23.1 Å². The maximum absolute atomic E-state index is 12.1. The van der Waals surface area contributed by atoms with Crippen LogP contribution in [0.25, 0.3) is 0 Å². The number of phenolic OH excluding ortho intramolecular Hbond substituents is 1. The summed E-state index contributed by atoms with van der Waals surface area (Å²) in [4.78, 5) is 29.8. The number of piperidine rings is 1. The van der Waals surface area contributed by atoms with Crippen LogP contribution in [0.5, 0.6) is 5.75 Å². The van der Waals surface area contributed by atoms with E-state index >= 15 is 0 Å². The molecule has 9 heteroatoms. The van der Waals surface area contributed by atoms with Crippen LogP contribution in [0.15, 0.2) is 29.3 Å². The van der Waals surface area contributed by atoms with Crippen molar-refractivity contribution in [1.82, 2.24) is 20.9 Å². The van der Waals surface area contributed by atoms with Crippen molar-refractivity contribution >= 4 is 18.0 Å². The number of likely N-dealkylation sites (tertiary alicyclic amines) is 1. The van der Waals surface area contributed by atoms with Gasteiger partial charge in [0.15, 0.2) is 5.96 Å². The van der Waals surface area contributed by atoms with Gasteiger partial charge in [0, 0.05) is 32.2 Å². The van der Waals surface area contributed by atoms with Crippen molar-refractivity contribution in [3.05, 3.63) is 29.8 Å². The molecule has 2 rings (SSSR count). The van der Waals surface area contributed by atoms with Crippen molar-refractivity contribution in [2.75, 3.05) is 39.8 Å². The van der Waals surface area contributed by atoms with Crippen molar-refractivity contribution in [3.63, 3.8) is 0 Å². The number of para-hydroxylation sites is 1. The second kappa shape index (κ2) is 11.0. The quantitative estimate of drug-likeness (QED) is 0.325. The topological polar surface area (TPSA) is 115 Å². The number of ether oxygens (including phenoxy) is 1. The van der Waals surface area contributed by atoms with E-state index < -0.39 is 0 Å². The summed E-state index contributed by atoms with van der Waals surface area (Å²) < 4.78 is 4.75. The van der Waals surface area contributed by atoms with Gasteiger partial charge in [-0.05, 0) is 31.9 Å². The number of benzene rings is 1. The first-order chi connectivity index (χ1) is 13.5. The van der Waals surface area contributed by atoms with Crippen LogP contribution in [0.4, 0.5) is 4.79 Å². The average molecular weight is 391 g/mol. The Labute approximate surface area is 165 Å². The summed E-state index contributed by atoms with van der Waals surface area (Å²) in [6.45, 7) is 4.73. The predicted octanol–water partition coefficient (Wildman–Crippen LogP) is 0.908. The molecule has 1 aromatic rings. The average Bonchev–Trinajstić information content (AvgIpc) is 2.71. The number of rotatable bonds is 6. The Balaban J connectivity index is 1.78. The number of phenols is 1. The Hall–Kier alpha value is -2.97. The lowest BCUT2D eigenvalue weighted by Gasteiger charge is -2.32. The highest BCUT2D eigenvalue weighted by molar-refractivity contribution is 5.96. The summed E-state index contributed by atoms with van der Waals surface area (Å²) >= 11 is 0. The second-order valence-corrected chi connectivity index (χ2v) is 6.41. The van der Waals surface area contributed by atoms with E-state index in [4.69, 9.17) is 4.74 Å². The highest BCUT2D eigenvalue weighted by Crippen LogP contribution is 2.14. The smallest absolute Gasteiger partial charge is 0.409 e. The van der Waals surface area contributed by atoms with E-state index in [2.05, 4.69) is 20.9 Å². The van der Waals surface area contributed by atoms with Crippen LogP contribution in [-0.4, -0.2) is 73.8 Å². The zero-order chi connectivity index (χ0) is 20.4. The third-order valence-corrected chi connectivity index (χ3v) is 4.43. The minimum absolute atomic E-state index is 0.0446. The van der Waals surface area contributed by atoms with Gasteiger partial charge in [0.1, 0.15) is 5.75 Å². The minimum Gasteiger partial charge on any atom is -0.507 e. The molecule has 0 aromatic heterocycles. The van der Waals surface area contributed by atoms with Gasteiger partial charge in [-0.15, -0.1) is 0 Å². The summed E-state index contributed by atoms with van der Waals surface area (Å²) in [5.41, 5.74) is 0.244. The number of carbonyl (C=O) groups excluding carboxylic acids is 2. The van der Waals surface area contributed by atoms with E-state index in [1.807, 2.05) is 6.92 Å². The third-order valence-electron chi connectivity index (χ3n) is 4.43. The molecule has 2 amide bonds. The van der Waals surface area contributed by atoms with Gasteiger partial charge in [-0.1, -0.05) is 12.1 Å². The lowest BCUT2D eigenvalue weighted by molar-refractivity contribution is 0.0951. The van der Waals surface area contributed by atoms with Crippen LogP contribution in [-0.2, 0) is 4.74 Å². The molecule has 0 spiro atoms. The molecular weight excluding hydrogens is 362 g/mol. The Kier molecular flexibility index (Phi) is 8.38. The van der Waals surface area contributed by atoms with E-state index in [9.17, 15) is 14.7 Å². The Morgan fingerprint density at radius 3 is 2.61 bits per heavy atom. The predicted molar refractivity (Wildman–Crippen MR) is 107 cm³/mol. The number of methoxy groups -OCH3 is 1. The first-order valence-corrected chi connectivity index (χ1v) is 9.49. The van der Waals surface area contributed by atoms with Crippen molar-refractivity contribution < 1.29 is 19.4 Å². The monoisotopic (exact) mass is 391 g/mol. The van der Waals surface area contributed by atoms with Crippen LogP contribution in [0.3, 0.4) is 0 Å². The number of hydrogen-bond acceptors (Lipinski definition) is 5. The van der Waals surface area contributed by atoms with Crippen LogP contribution >= 0.6 is 0 Å². The van der Waals surface area contributed by atoms with E-state index in [0.717, 1.165) is 19.4 Å². The Morgan fingerprint density at radius 2 is 1.96 bits per heavy atom. The van der Waals surface area contributed by atoms with Gasteiger partial charge in [0.2, 0.25) is 0 Å². The normalized spacial score (nSPS) is 15.1. The summed E-state index contributed by atoms with van der Waals surface area (Å²) in [6, 6.07) is 6.63. The highest BCUT2D eigenvalue weighted by Gasteiger charge is 2.23. The first kappa shape index (κ1) is 21.3. The highest BCUT2D eigenvalue weighted by atomic mass is 16.5. The maximum Gasteiger partial charge on any atom is 0.409 e. The summed E-state index contributed by atoms with van der Waals surface area (Å²) in [5, 5.41) is 19.0. The molecule has 1 aromatic carbocycles. The number of guanidine groups is 1. The molecule has 0 atom stereocenters. The van der Waals surface area contributed by atoms with E-state index in [1.165, 1.54) is 13.2 Å². The van der Waals surface area contributed by atoms with E-state index in [0.29, 0.717) is 32.1 Å². The molecule has 0 bridgehead atoms. The molecular formula is C19H29N5O4. The van der Waals surface area contributed by atoms with Crippen LogP contribution in [0.1, 0.15) is 30.1 Å². The number of carbonyl (C=O) groups is 2. The lowest BCUT2D eigenvalue weighted by Crippen LogP contribution is -2.50. The summed E-state index contributed by atoms with van der Waals surface area (Å²) in [5.74, 6) is 0.300. The molecule has 1 saturated heterocycles. The molecule has 1 aliphatic heterocycles. The molecule has 1 fully saturated rings. The van der Waals surface area contributed by atoms with Crippen molar-refractivity contribution in [1.29, 1.82) is 0 Å². The fourth-order valence-electron chi connectivity index (χ4n) is 2.95. The Bertz CT molecular complexity index is 687. The zero-order valence-corrected chi connectivity index (χ0v) is 16.4. The maximum atomic E-state index is 12.1. The largest absolute Gasteiger partial charge is 0.507 e. The number of aliphatic imine (C=N–C) groups is 1. The fraction of sp³-hybridized carbons (Fsp3) is 0.526. The number of nitrogens with zero attached hydrogens (tertiary/aromatic N) is 2. The van der Waals surface area contributed by atoms with Crippen molar-refractivity contribution in [2.45, 2.75) is 25.8 Å². The molecule has 0 aliphatic carbocycles. The molecule has 1 heterocycles. The number of nitrogens with one attached hydrogen (secondary N) is 3. The number of hydrogen-bond donors (Lipinski definition) is 4. The van der Waals surface area contributed by atoms with Gasteiger partial charge in [-0.2, -0.15) is 0 Å². The second-order valence-electron chi connectivity index (χ2n) is 6.41. The molecule has 0 saturated carbocycles. The zero-order valence-electron chi connectivity index (χ0n) is 16.4. The molecule has 154 valence electrons. The van der Waals surface area contributed by atoms with Gasteiger partial charge in [0.05, 0.1) is 19.2 Å². The van der Waals surface area contributed by atoms with E-state index in [-0.39, 0.29) is 29.4 Å².